The molecule has 4 N–H and O–H groups in total. The molecule has 0 unspecified atom stereocenters. The van der Waals surface area contributed by atoms with Crippen molar-refractivity contribution in [3.05, 3.63) is 59.2 Å². The van der Waals surface area contributed by atoms with E-state index in [1.165, 1.54) is 6.07 Å². The van der Waals surface area contributed by atoms with Gasteiger partial charge in [-0.1, -0.05) is 41.9 Å². The number of aliphatic hydroxyl groups is 1. The van der Waals surface area contributed by atoms with Crippen LogP contribution in [0.4, 0.5) is 0 Å². The second kappa shape index (κ2) is 6.37. The van der Waals surface area contributed by atoms with Gasteiger partial charge in [0, 0.05) is 16.1 Å². The first-order valence-corrected chi connectivity index (χ1v) is 8.90. The van der Waals surface area contributed by atoms with Gasteiger partial charge in [-0.25, -0.2) is 13.6 Å². The van der Waals surface area contributed by atoms with Crippen LogP contribution in [0, 0.1) is 0 Å². The quantitative estimate of drug-likeness (QED) is 0.661. The normalized spacial score (nSPS) is 11.6. The summed E-state index contributed by atoms with van der Waals surface area (Å²) in [4.78, 5) is -0.0313. The molecule has 0 atom stereocenters. The van der Waals surface area contributed by atoms with Crippen LogP contribution in [0.1, 0.15) is 5.69 Å². The number of aromatic amines is 1. The SMILES string of the molecule is NS(=O)(=O)c1ccccc1-c1n[nH]c(CO)c1-c1ccc(Cl)cc1. The number of aromatic nitrogens is 2. The van der Waals surface area contributed by atoms with E-state index in [0.29, 0.717) is 27.5 Å². The number of H-pyrrole nitrogens is 1. The molecule has 6 nitrogen and oxygen atoms in total. The molecule has 0 amide bonds. The van der Waals surface area contributed by atoms with Crippen molar-refractivity contribution in [2.24, 2.45) is 5.14 Å². The fraction of sp³-hybridized carbons (Fsp3) is 0.0625. The van der Waals surface area contributed by atoms with Crippen LogP contribution in [0.3, 0.4) is 0 Å². The van der Waals surface area contributed by atoms with E-state index in [9.17, 15) is 13.5 Å². The maximum Gasteiger partial charge on any atom is 0.238 e. The van der Waals surface area contributed by atoms with Crippen molar-refractivity contribution in [2.45, 2.75) is 11.5 Å². The number of nitrogens with two attached hydrogens (primary N) is 1. The van der Waals surface area contributed by atoms with Gasteiger partial charge in [0.2, 0.25) is 10.0 Å². The zero-order valence-corrected chi connectivity index (χ0v) is 14.0. The smallest absolute Gasteiger partial charge is 0.238 e. The summed E-state index contributed by atoms with van der Waals surface area (Å²) < 4.78 is 23.7. The van der Waals surface area contributed by atoms with Crippen LogP contribution in [0.15, 0.2) is 53.4 Å². The average molecular weight is 364 g/mol. The Morgan fingerprint density at radius 1 is 1.12 bits per heavy atom. The second-order valence-electron chi connectivity index (χ2n) is 5.13. The van der Waals surface area contributed by atoms with Crippen molar-refractivity contribution in [2.75, 3.05) is 0 Å². The maximum atomic E-state index is 11.9. The molecule has 0 aliphatic rings. The van der Waals surface area contributed by atoms with Crippen LogP contribution in [-0.2, 0) is 16.6 Å². The molecule has 24 heavy (non-hydrogen) atoms. The third-order valence-electron chi connectivity index (χ3n) is 3.58. The molecule has 3 rings (SSSR count). The summed E-state index contributed by atoms with van der Waals surface area (Å²) >= 11 is 5.92. The van der Waals surface area contributed by atoms with Gasteiger partial charge in [0.1, 0.15) is 5.69 Å². The Morgan fingerprint density at radius 3 is 2.42 bits per heavy atom. The van der Waals surface area contributed by atoms with Gasteiger partial charge < -0.3 is 5.11 Å². The highest BCUT2D eigenvalue weighted by Gasteiger charge is 2.22. The van der Waals surface area contributed by atoms with Crippen LogP contribution < -0.4 is 5.14 Å². The molecule has 0 saturated heterocycles. The number of primary sulfonamides is 1. The summed E-state index contributed by atoms with van der Waals surface area (Å²) in [5, 5.41) is 22.4. The molecule has 1 aromatic heterocycles. The molecule has 0 fully saturated rings. The summed E-state index contributed by atoms with van der Waals surface area (Å²) in [6, 6.07) is 13.3. The number of hydrogen-bond donors (Lipinski definition) is 3. The summed E-state index contributed by atoms with van der Waals surface area (Å²) in [6.45, 7) is -0.275. The van der Waals surface area contributed by atoms with E-state index < -0.39 is 10.0 Å². The molecule has 0 bridgehead atoms. The molecule has 124 valence electrons. The van der Waals surface area contributed by atoms with Crippen molar-refractivity contribution in [1.82, 2.24) is 10.2 Å². The lowest BCUT2D eigenvalue weighted by Crippen LogP contribution is -2.13. The van der Waals surface area contributed by atoms with E-state index in [1.54, 1.807) is 42.5 Å². The van der Waals surface area contributed by atoms with Crippen LogP contribution in [0.25, 0.3) is 22.4 Å². The third kappa shape index (κ3) is 3.07. The summed E-state index contributed by atoms with van der Waals surface area (Å²) in [7, 11) is -3.92. The number of sulfonamides is 1. The monoisotopic (exact) mass is 363 g/mol. The number of nitrogens with zero attached hydrogens (tertiary/aromatic N) is 1. The number of rotatable bonds is 4. The van der Waals surface area contributed by atoms with Gasteiger partial charge in [-0.15, -0.1) is 0 Å². The average Bonchev–Trinajstić information content (AvgIpc) is 2.98. The second-order valence-corrected chi connectivity index (χ2v) is 7.10. The number of benzene rings is 2. The first kappa shape index (κ1) is 16.7. The van der Waals surface area contributed by atoms with E-state index in [-0.39, 0.29) is 11.5 Å². The minimum atomic E-state index is -3.92. The van der Waals surface area contributed by atoms with E-state index >= 15 is 0 Å². The Kier molecular flexibility index (Phi) is 4.42. The lowest BCUT2D eigenvalue weighted by molar-refractivity contribution is 0.277. The molecule has 0 aliphatic heterocycles. The van der Waals surface area contributed by atoms with Crippen molar-refractivity contribution in [1.29, 1.82) is 0 Å². The molecular weight excluding hydrogens is 350 g/mol. The lowest BCUT2D eigenvalue weighted by Gasteiger charge is -2.09. The van der Waals surface area contributed by atoms with Crippen molar-refractivity contribution >= 4 is 21.6 Å². The van der Waals surface area contributed by atoms with Gasteiger partial charge in [0.15, 0.2) is 0 Å². The van der Waals surface area contributed by atoms with Crippen molar-refractivity contribution < 1.29 is 13.5 Å². The minimum Gasteiger partial charge on any atom is -0.390 e. The zero-order chi connectivity index (χ0) is 17.3. The lowest BCUT2D eigenvalue weighted by atomic mass is 9.99. The Labute approximate surface area is 144 Å². The zero-order valence-electron chi connectivity index (χ0n) is 12.4. The summed E-state index contributed by atoms with van der Waals surface area (Å²) in [6.07, 6.45) is 0. The molecule has 3 aromatic rings. The molecule has 0 saturated carbocycles. The van der Waals surface area contributed by atoms with Gasteiger partial charge in [0.25, 0.3) is 0 Å². The Hall–Kier alpha value is -2.19. The van der Waals surface area contributed by atoms with Crippen LogP contribution in [0.2, 0.25) is 5.02 Å². The summed E-state index contributed by atoms with van der Waals surface area (Å²) in [5.41, 5.74) is 2.57. The predicted octanol–water partition coefficient (Wildman–Crippen LogP) is 2.54. The first-order valence-electron chi connectivity index (χ1n) is 6.98. The summed E-state index contributed by atoms with van der Waals surface area (Å²) in [5.74, 6) is 0. The van der Waals surface area contributed by atoms with Crippen LogP contribution in [0.5, 0.6) is 0 Å². The largest absolute Gasteiger partial charge is 0.390 e. The molecule has 0 radical (unpaired) electrons. The highest BCUT2D eigenvalue weighted by atomic mass is 35.5. The third-order valence-corrected chi connectivity index (χ3v) is 4.80. The highest BCUT2D eigenvalue weighted by molar-refractivity contribution is 7.89. The van der Waals surface area contributed by atoms with Gasteiger partial charge in [-0.2, -0.15) is 5.10 Å². The number of halogens is 1. The van der Waals surface area contributed by atoms with Gasteiger partial charge >= 0.3 is 0 Å². The maximum absolute atomic E-state index is 11.9. The molecule has 0 spiro atoms. The number of aliphatic hydroxyl groups excluding tert-OH is 1. The predicted molar refractivity (Wildman–Crippen MR) is 91.8 cm³/mol. The molecule has 8 heteroatoms. The standard InChI is InChI=1S/C16H14ClN3O3S/c17-11-7-5-10(6-8-11)15-13(9-21)19-20-16(15)12-3-1-2-4-14(12)24(18,22)23/h1-8,21H,9H2,(H,19,20)(H2,18,22,23). The van der Waals surface area contributed by atoms with Gasteiger partial charge in [-0.05, 0) is 23.8 Å². The van der Waals surface area contributed by atoms with Crippen molar-refractivity contribution in [3.8, 4) is 22.4 Å². The van der Waals surface area contributed by atoms with E-state index in [2.05, 4.69) is 10.2 Å². The minimum absolute atomic E-state index is 0.0313. The first-order chi connectivity index (χ1) is 11.4. The van der Waals surface area contributed by atoms with Crippen LogP contribution in [-0.4, -0.2) is 23.7 Å². The Bertz CT molecular complexity index is 982. The van der Waals surface area contributed by atoms with Gasteiger partial charge in [-0.3, -0.25) is 5.10 Å². The molecule has 1 heterocycles. The van der Waals surface area contributed by atoms with Crippen LogP contribution >= 0.6 is 11.6 Å². The number of hydrogen-bond acceptors (Lipinski definition) is 4. The topological polar surface area (TPSA) is 109 Å². The van der Waals surface area contributed by atoms with E-state index in [0.717, 1.165) is 5.56 Å². The number of nitrogens with one attached hydrogen (secondary N) is 1. The van der Waals surface area contributed by atoms with Crippen molar-refractivity contribution in [3.63, 3.8) is 0 Å². The molecule has 2 aromatic carbocycles. The fourth-order valence-corrected chi connectivity index (χ4v) is 3.39. The highest BCUT2D eigenvalue weighted by Crippen LogP contribution is 2.36. The van der Waals surface area contributed by atoms with E-state index in [4.69, 9.17) is 16.7 Å². The van der Waals surface area contributed by atoms with E-state index in [1.807, 2.05) is 0 Å². The Morgan fingerprint density at radius 2 is 1.79 bits per heavy atom. The molecular formula is C16H14ClN3O3S. The fourth-order valence-electron chi connectivity index (χ4n) is 2.53. The Balaban J connectivity index is 2.28. The molecule has 0 aliphatic carbocycles. The van der Waals surface area contributed by atoms with Gasteiger partial charge in [0.05, 0.1) is 17.2 Å².